The fourth-order valence-electron chi connectivity index (χ4n) is 3.10. The Bertz CT molecular complexity index is 526. The molecular weight excluding hydrogens is 274 g/mol. The minimum Gasteiger partial charge on any atom is -0.352 e. The second-order valence-corrected chi connectivity index (χ2v) is 6.02. The highest BCUT2D eigenvalue weighted by Crippen LogP contribution is 2.21. The molecule has 4 heteroatoms. The summed E-state index contributed by atoms with van der Waals surface area (Å²) in [5.41, 5.74) is 1.80. The molecule has 0 aliphatic heterocycles. The second-order valence-electron chi connectivity index (χ2n) is 6.02. The first-order valence-electron chi connectivity index (χ1n) is 8.17. The molecule has 0 aromatic heterocycles. The van der Waals surface area contributed by atoms with Gasteiger partial charge < -0.3 is 5.32 Å². The molecule has 118 valence electrons. The number of hydrogen-bond acceptors (Lipinski definition) is 3. The molecule has 1 aromatic rings. The van der Waals surface area contributed by atoms with Crippen LogP contribution in [0.15, 0.2) is 24.3 Å². The molecule has 0 radical (unpaired) electrons. The topological polar surface area (TPSA) is 56.1 Å². The van der Waals surface area contributed by atoms with Crippen LogP contribution in [0.2, 0.25) is 0 Å². The minimum atomic E-state index is 0.120. The number of benzene rings is 1. The maximum absolute atomic E-state index is 12.2. The van der Waals surface area contributed by atoms with Crippen LogP contribution in [0.3, 0.4) is 0 Å². The lowest BCUT2D eigenvalue weighted by atomic mass is 10.0. The van der Waals surface area contributed by atoms with E-state index in [4.69, 9.17) is 5.26 Å². The van der Waals surface area contributed by atoms with E-state index in [-0.39, 0.29) is 11.9 Å². The molecule has 0 spiro atoms. The summed E-state index contributed by atoms with van der Waals surface area (Å²) in [4.78, 5) is 14.4. The molecule has 0 saturated heterocycles. The Morgan fingerprint density at radius 1 is 1.36 bits per heavy atom. The molecule has 0 bridgehead atoms. The normalized spacial score (nSPS) is 16.5. The van der Waals surface area contributed by atoms with Gasteiger partial charge in [-0.25, -0.2) is 0 Å². The molecule has 1 atom stereocenters. The van der Waals surface area contributed by atoms with Crippen molar-refractivity contribution in [1.82, 2.24) is 10.2 Å². The average Bonchev–Trinajstić information content (AvgIpc) is 3.05. The van der Waals surface area contributed by atoms with E-state index in [1.807, 2.05) is 24.3 Å². The van der Waals surface area contributed by atoms with Gasteiger partial charge in [0.05, 0.1) is 18.2 Å². The Labute approximate surface area is 133 Å². The summed E-state index contributed by atoms with van der Waals surface area (Å²) < 4.78 is 0. The fourth-order valence-corrected chi connectivity index (χ4v) is 3.10. The van der Waals surface area contributed by atoms with Crippen LogP contribution in [0.5, 0.6) is 0 Å². The number of rotatable bonds is 6. The fraction of sp³-hybridized carbons (Fsp3) is 0.556. The van der Waals surface area contributed by atoms with Crippen molar-refractivity contribution >= 4 is 5.91 Å². The highest BCUT2D eigenvalue weighted by atomic mass is 16.2. The first kappa shape index (κ1) is 16.5. The molecule has 1 fully saturated rings. The molecule has 1 saturated carbocycles. The third kappa shape index (κ3) is 4.32. The number of hydrogen-bond donors (Lipinski definition) is 1. The molecule has 1 aromatic carbocycles. The van der Waals surface area contributed by atoms with Gasteiger partial charge in [-0.15, -0.1) is 0 Å². The van der Waals surface area contributed by atoms with E-state index in [1.165, 1.54) is 12.8 Å². The van der Waals surface area contributed by atoms with E-state index >= 15 is 0 Å². The Morgan fingerprint density at radius 2 is 2.00 bits per heavy atom. The second kappa shape index (κ2) is 7.95. The van der Waals surface area contributed by atoms with E-state index in [9.17, 15) is 4.79 Å². The lowest BCUT2D eigenvalue weighted by Gasteiger charge is -2.28. The molecule has 1 N–H and O–H groups in total. The van der Waals surface area contributed by atoms with Gasteiger partial charge in [-0.2, -0.15) is 5.26 Å². The standard InChI is InChI=1S/C18H25N3O/c1-3-21(13-18(22)20-17-6-4-5-7-17)14(2)16-10-8-15(12-19)9-11-16/h8-11,14,17H,3-7,13H2,1-2H3,(H,20,22)/t14-/m0/s1. The number of amides is 1. The largest absolute Gasteiger partial charge is 0.352 e. The third-order valence-corrected chi connectivity index (χ3v) is 4.54. The molecule has 1 amide bonds. The van der Waals surface area contributed by atoms with Gasteiger partial charge in [0.2, 0.25) is 5.91 Å². The number of carbonyl (C=O) groups excluding carboxylic acids is 1. The van der Waals surface area contributed by atoms with Crippen molar-refractivity contribution < 1.29 is 4.79 Å². The average molecular weight is 299 g/mol. The predicted molar refractivity (Wildman–Crippen MR) is 87.2 cm³/mol. The Balaban J connectivity index is 1.93. The minimum absolute atomic E-state index is 0.120. The SMILES string of the molecule is CCN(CC(=O)NC1CCCC1)[C@@H](C)c1ccc(C#N)cc1. The summed E-state index contributed by atoms with van der Waals surface area (Å²) >= 11 is 0. The number of nitrogens with zero attached hydrogens (tertiary/aromatic N) is 2. The first-order chi connectivity index (χ1) is 10.6. The van der Waals surface area contributed by atoms with Gasteiger partial charge in [0, 0.05) is 12.1 Å². The van der Waals surface area contributed by atoms with E-state index < -0.39 is 0 Å². The van der Waals surface area contributed by atoms with Crippen LogP contribution >= 0.6 is 0 Å². The van der Waals surface area contributed by atoms with Crippen LogP contribution in [0.4, 0.5) is 0 Å². The summed E-state index contributed by atoms with van der Waals surface area (Å²) in [7, 11) is 0. The van der Waals surface area contributed by atoms with Crippen LogP contribution in [0.1, 0.15) is 56.7 Å². The van der Waals surface area contributed by atoms with Gasteiger partial charge in [0.15, 0.2) is 0 Å². The smallest absolute Gasteiger partial charge is 0.234 e. The number of nitriles is 1. The summed E-state index contributed by atoms with van der Waals surface area (Å²) in [5.74, 6) is 0.120. The number of carbonyl (C=O) groups is 1. The summed E-state index contributed by atoms with van der Waals surface area (Å²) in [5, 5.41) is 12.0. The van der Waals surface area contributed by atoms with Gasteiger partial charge in [-0.1, -0.05) is 31.9 Å². The maximum Gasteiger partial charge on any atom is 0.234 e. The Hall–Kier alpha value is -1.86. The summed E-state index contributed by atoms with van der Waals surface area (Å²) in [6.07, 6.45) is 4.68. The van der Waals surface area contributed by atoms with Gasteiger partial charge in [0.25, 0.3) is 0 Å². The zero-order chi connectivity index (χ0) is 15.9. The monoisotopic (exact) mass is 299 g/mol. The van der Waals surface area contributed by atoms with Crippen molar-refractivity contribution in [2.45, 2.75) is 51.6 Å². The molecule has 22 heavy (non-hydrogen) atoms. The highest BCUT2D eigenvalue weighted by Gasteiger charge is 2.21. The van der Waals surface area contributed by atoms with Gasteiger partial charge in [-0.05, 0) is 44.0 Å². The van der Waals surface area contributed by atoms with Crippen molar-refractivity contribution in [2.24, 2.45) is 0 Å². The zero-order valence-corrected chi connectivity index (χ0v) is 13.5. The Kier molecular flexibility index (Phi) is 5.97. The molecule has 0 heterocycles. The Morgan fingerprint density at radius 3 is 2.55 bits per heavy atom. The van der Waals surface area contributed by atoms with Crippen LogP contribution in [-0.4, -0.2) is 29.9 Å². The third-order valence-electron chi connectivity index (χ3n) is 4.54. The molecule has 1 aliphatic carbocycles. The zero-order valence-electron chi connectivity index (χ0n) is 13.5. The lowest BCUT2D eigenvalue weighted by Crippen LogP contribution is -2.42. The number of likely N-dealkylation sites (N-methyl/N-ethyl adjacent to an activating group) is 1. The number of nitrogens with one attached hydrogen (secondary N) is 1. The molecule has 1 aliphatic rings. The van der Waals surface area contributed by atoms with E-state index in [2.05, 4.69) is 30.1 Å². The predicted octanol–water partition coefficient (Wildman–Crippen LogP) is 3.00. The van der Waals surface area contributed by atoms with Gasteiger partial charge >= 0.3 is 0 Å². The summed E-state index contributed by atoms with van der Waals surface area (Å²) in [6, 6.07) is 10.3. The van der Waals surface area contributed by atoms with E-state index in [0.717, 1.165) is 24.9 Å². The quantitative estimate of drug-likeness (QED) is 0.878. The first-order valence-corrected chi connectivity index (χ1v) is 8.17. The van der Waals surface area contributed by atoms with Crippen molar-refractivity contribution in [3.63, 3.8) is 0 Å². The molecule has 0 unspecified atom stereocenters. The van der Waals surface area contributed by atoms with Crippen LogP contribution in [0.25, 0.3) is 0 Å². The van der Waals surface area contributed by atoms with Crippen LogP contribution < -0.4 is 5.32 Å². The van der Waals surface area contributed by atoms with Crippen LogP contribution in [-0.2, 0) is 4.79 Å². The van der Waals surface area contributed by atoms with Crippen molar-refractivity contribution in [1.29, 1.82) is 5.26 Å². The van der Waals surface area contributed by atoms with Crippen molar-refractivity contribution in [3.05, 3.63) is 35.4 Å². The van der Waals surface area contributed by atoms with Crippen molar-refractivity contribution in [3.8, 4) is 6.07 Å². The molecule has 4 nitrogen and oxygen atoms in total. The lowest BCUT2D eigenvalue weighted by molar-refractivity contribution is -0.123. The maximum atomic E-state index is 12.2. The van der Waals surface area contributed by atoms with Gasteiger partial charge in [0.1, 0.15) is 0 Å². The molecular formula is C18H25N3O. The van der Waals surface area contributed by atoms with E-state index in [0.29, 0.717) is 18.2 Å². The van der Waals surface area contributed by atoms with Crippen LogP contribution in [0, 0.1) is 11.3 Å². The highest BCUT2D eigenvalue weighted by molar-refractivity contribution is 5.78. The summed E-state index contributed by atoms with van der Waals surface area (Å²) in [6.45, 7) is 5.42. The van der Waals surface area contributed by atoms with Gasteiger partial charge in [-0.3, -0.25) is 9.69 Å². The van der Waals surface area contributed by atoms with Crippen molar-refractivity contribution in [2.75, 3.05) is 13.1 Å². The van der Waals surface area contributed by atoms with E-state index in [1.54, 1.807) is 0 Å². The molecule has 2 rings (SSSR count).